The van der Waals surface area contributed by atoms with Gasteiger partial charge in [0.05, 0.1) is 18.6 Å². The second kappa shape index (κ2) is 7.84. The number of aryl methyl sites for hydroxylation is 1. The second-order valence-electron chi connectivity index (χ2n) is 7.40. The van der Waals surface area contributed by atoms with Crippen LogP contribution in [-0.2, 0) is 27.2 Å². The predicted octanol–water partition coefficient (Wildman–Crippen LogP) is 2.46. The number of carbonyl (C=O) groups is 3. The molecular weight excluding hydrogens is 366 g/mol. The van der Waals surface area contributed by atoms with Crippen LogP contribution in [0.3, 0.4) is 0 Å². The SMILES string of the molecule is COC(=O)c1c(NC(=O)[C@@H]2CC(C)=C(C)C[C@H]2C(=O)[O-])sc2c1CCCC2. The maximum atomic E-state index is 12.9. The van der Waals surface area contributed by atoms with E-state index in [9.17, 15) is 19.5 Å². The van der Waals surface area contributed by atoms with Gasteiger partial charge in [0.1, 0.15) is 5.00 Å². The van der Waals surface area contributed by atoms with Crippen molar-refractivity contribution in [2.75, 3.05) is 12.4 Å². The lowest BCUT2D eigenvalue weighted by atomic mass is 9.76. The van der Waals surface area contributed by atoms with Crippen LogP contribution in [0, 0.1) is 11.8 Å². The Morgan fingerprint density at radius 3 is 2.33 bits per heavy atom. The van der Waals surface area contributed by atoms with Gasteiger partial charge >= 0.3 is 5.97 Å². The number of thiophene rings is 1. The van der Waals surface area contributed by atoms with Gasteiger partial charge in [-0.25, -0.2) is 4.79 Å². The van der Waals surface area contributed by atoms with E-state index in [-0.39, 0.29) is 5.91 Å². The average molecular weight is 390 g/mol. The number of carbonyl (C=O) groups excluding carboxylic acids is 3. The molecular formula is C20H24NO5S-. The Bertz CT molecular complexity index is 823. The van der Waals surface area contributed by atoms with Gasteiger partial charge in [-0.1, -0.05) is 11.1 Å². The van der Waals surface area contributed by atoms with E-state index in [1.54, 1.807) is 0 Å². The van der Waals surface area contributed by atoms with Gasteiger partial charge in [0, 0.05) is 16.8 Å². The Kier molecular flexibility index (Phi) is 5.69. The van der Waals surface area contributed by atoms with E-state index in [1.807, 2.05) is 13.8 Å². The van der Waals surface area contributed by atoms with Gasteiger partial charge in [-0.3, -0.25) is 4.79 Å². The monoisotopic (exact) mass is 390 g/mol. The van der Waals surface area contributed by atoms with Crippen molar-refractivity contribution < 1.29 is 24.2 Å². The molecule has 0 radical (unpaired) electrons. The number of fused-ring (bicyclic) bond motifs is 1. The van der Waals surface area contributed by atoms with Gasteiger partial charge in [-0.2, -0.15) is 0 Å². The number of esters is 1. The Labute approximate surface area is 162 Å². The standard InChI is InChI=1S/C20H25NO5S/c1-10-8-13(14(19(23)24)9-11(10)2)17(22)21-18-16(20(25)26-3)12-6-4-5-7-15(12)27-18/h13-14H,4-9H2,1-3H3,(H,21,22)(H,23,24)/p-1/t13-,14-/m1/s1. The Hall–Kier alpha value is -2.15. The summed E-state index contributed by atoms with van der Waals surface area (Å²) in [6, 6.07) is 0. The van der Waals surface area contributed by atoms with Crippen LogP contribution in [0.25, 0.3) is 0 Å². The normalized spacial score (nSPS) is 22.2. The summed E-state index contributed by atoms with van der Waals surface area (Å²) in [7, 11) is 1.32. The van der Waals surface area contributed by atoms with Crippen LogP contribution in [0.1, 0.15) is 60.3 Å². The zero-order valence-corrected chi connectivity index (χ0v) is 16.7. The second-order valence-corrected chi connectivity index (χ2v) is 8.50. The van der Waals surface area contributed by atoms with Gasteiger partial charge in [0.25, 0.3) is 0 Å². The molecule has 6 nitrogen and oxygen atoms in total. The van der Waals surface area contributed by atoms with Crippen LogP contribution in [0.2, 0.25) is 0 Å². The summed E-state index contributed by atoms with van der Waals surface area (Å²) in [5.74, 6) is -3.61. The van der Waals surface area contributed by atoms with Crippen molar-refractivity contribution >= 4 is 34.2 Å². The molecule has 146 valence electrons. The van der Waals surface area contributed by atoms with E-state index in [2.05, 4.69) is 5.32 Å². The fourth-order valence-electron chi connectivity index (χ4n) is 3.99. The van der Waals surface area contributed by atoms with E-state index in [0.717, 1.165) is 47.3 Å². The Balaban J connectivity index is 1.90. The minimum atomic E-state index is -1.21. The third-order valence-electron chi connectivity index (χ3n) is 5.70. The number of hydrogen-bond donors (Lipinski definition) is 1. The molecule has 1 heterocycles. The van der Waals surface area contributed by atoms with Crippen molar-refractivity contribution in [3.05, 3.63) is 27.2 Å². The minimum Gasteiger partial charge on any atom is -0.550 e. The smallest absolute Gasteiger partial charge is 0.341 e. The number of nitrogens with one attached hydrogen (secondary N) is 1. The summed E-state index contributed by atoms with van der Waals surface area (Å²) in [6.45, 7) is 3.81. The fourth-order valence-corrected chi connectivity index (χ4v) is 5.27. The first kappa shape index (κ1) is 19.6. The molecule has 0 unspecified atom stereocenters. The number of hydrogen-bond acceptors (Lipinski definition) is 6. The molecule has 0 aromatic carbocycles. The summed E-state index contributed by atoms with van der Waals surface area (Å²) in [6.07, 6.45) is 4.43. The van der Waals surface area contributed by atoms with E-state index >= 15 is 0 Å². The summed E-state index contributed by atoms with van der Waals surface area (Å²) in [5.41, 5.74) is 3.41. The van der Waals surface area contributed by atoms with Crippen LogP contribution >= 0.6 is 11.3 Å². The Morgan fingerprint density at radius 2 is 1.70 bits per heavy atom. The molecule has 0 bridgehead atoms. The molecule has 2 atom stereocenters. The summed E-state index contributed by atoms with van der Waals surface area (Å²) in [4.78, 5) is 37.9. The summed E-state index contributed by atoms with van der Waals surface area (Å²) in [5, 5.41) is 14.9. The maximum absolute atomic E-state index is 12.9. The molecule has 27 heavy (non-hydrogen) atoms. The van der Waals surface area contributed by atoms with Crippen molar-refractivity contribution in [1.29, 1.82) is 0 Å². The number of allylic oxidation sites excluding steroid dienone is 2. The molecule has 1 aromatic heterocycles. The number of amides is 1. The van der Waals surface area contributed by atoms with Gasteiger partial charge in [-0.05, 0) is 57.9 Å². The van der Waals surface area contributed by atoms with E-state index in [1.165, 1.54) is 18.4 Å². The number of methoxy groups -OCH3 is 1. The molecule has 2 aliphatic carbocycles. The van der Waals surface area contributed by atoms with Crippen LogP contribution in [0.5, 0.6) is 0 Å². The summed E-state index contributed by atoms with van der Waals surface area (Å²) >= 11 is 1.40. The molecule has 1 amide bonds. The Morgan fingerprint density at radius 1 is 1.07 bits per heavy atom. The predicted molar refractivity (Wildman–Crippen MR) is 101 cm³/mol. The highest BCUT2D eigenvalue weighted by Gasteiger charge is 2.35. The third kappa shape index (κ3) is 3.78. The topological polar surface area (TPSA) is 95.5 Å². The molecule has 0 saturated heterocycles. The summed E-state index contributed by atoms with van der Waals surface area (Å²) < 4.78 is 4.92. The van der Waals surface area contributed by atoms with Crippen molar-refractivity contribution in [2.45, 2.75) is 52.4 Å². The maximum Gasteiger partial charge on any atom is 0.341 e. The number of aliphatic carboxylic acids is 1. The first-order valence-electron chi connectivity index (χ1n) is 9.23. The van der Waals surface area contributed by atoms with Gasteiger partial charge in [0.15, 0.2) is 0 Å². The molecule has 3 rings (SSSR count). The highest BCUT2D eigenvalue weighted by molar-refractivity contribution is 7.17. The highest BCUT2D eigenvalue weighted by Crippen LogP contribution is 2.40. The number of ether oxygens (including phenoxy) is 1. The lowest BCUT2D eigenvalue weighted by Crippen LogP contribution is -2.42. The fraction of sp³-hybridized carbons (Fsp3) is 0.550. The first-order chi connectivity index (χ1) is 12.8. The van der Waals surface area contributed by atoms with Crippen molar-refractivity contribution in [3.63, 3.8) is 0 Å². The van der Waals surface area contributed by atoms with E-state index in [4.69, 9.17) is 4.74 Å². The molecule has 0 fully saturated rings. The molecule has 0 aliphatic heterocycles. The molecule has 0 saturated carbocycles. The molecule has 0 spiro atoms. The molecule has 1 N–H and O–H groups in total. The van der Waals surface area contributed by atoms with E-state index < -0.39 is 23.8 Å². The van der Waals surface area contributed by atoms with Crippen molar-refractivity contribution in [1.82, 2.24) is 0 Å². The minimum absolute atomic E-state index is 0.317. The zero-order chi connectivity index (χ0) is 19.7. The first-order valence-corrected chi connectivity index (χ1v) is 10.0. The molecule has 1 aromatic rings. The van der Waals surface area contributed by atoms with E-state index in [0.29, 0.717) is 23.4 Å². The zero-order valence-electron chi connectivity index (χ0n) is 15.8. The lowest BCUT2D eigenvalue weighted by Gasteiger charge is -2.32. The van der Waals surface area contributed by atoms with Gasteiger partial charge in [0.2, 0.25) is 5.91 Å². The number of anilines is 1. The highest BCUT2D eigenvalue weighted by atomic mass is 32.1. The largest absolute Gasteiger partial charge is 0.550 e. The van der Waals surface area contributed by atoms with Gasteiger partial charge in [-0.15, -0.1) is 11.3 Å². The lowest BCUT2D eigenvalue weighted by molar-refractivity contribution is -0.313. The molecule has 2 aliphatic rings. The van der Waals surface area contributed by atoms with Crippen LogP contribution in [0.15, 0.2) is 11.1 Å². The number of carboxylic acid groups (broad SMARTS) is 1. The molecule has 7 heteroatoms. The van der Waals surface area contributed by atoms with Crippen LogP contribution in [-0.4, -0.2) is 25.0 Å². The average Bonchev–Trinajstić information content (AvgIpc) is 3.00. The number of rotatable bonds is 4. The van der Waals surface area contributed by atoms with Gasteiger partial charge < -0.3 is 20.0 Å². The van der Waals surface area contributed by atoms with Crippen LogP contribution in [0.4, 0.5) is 5.00 Å². The van der Waals surface area contributed by atoms with Crippen molar-refractivity contribution in [3.8, 4) is 0 Å². The van der Waals surface area contributed by atoms with Crippen molar-refractivity contribution in [2.24, 2.45) is 11.8 Å². The quantitative estimate of drug-likeness (QED) is 0.629. The van der Waals surface area contributed by atoms with Crippen LogP contribution < -0.4 is 10.4 Å². The third-order valence-corrected chi connectivity index (χ3v) is 6.91. The number of carboxylic acids is 1.